The number of benzene rings is 3. The van der Waals surface area contributed by atoms with E-state index in [1.807, 2.05) is 30.0 Å². The van der Waals surface area contributed by atoms with Gasteiger partial charge >= 0.3 is 6.01 Å². The predicted octanol–water partition coefficient (Wildman–Crippen LogP) is 5.37. The van der Waals surface area contributed by atoms with Crippen LogP contribution in [0.2, 0.25) is 0 Å². The van der Waals surface area contributed by atoms with Gasteiger partial charge in [0.1, 0.15) is 36.5 Å². The highest BCUT2D eigenvalue weighted by Gasteiger charge is 2.53. The summed E-state index contributed by atoms with van der Waals surface area (Å²) in [5, 5.41) is 25.8. The number of phenols is 1. The number of halogens is 3. The first-order chi connectivity index (χ1) is 24.3. The average Bonchev–Trinajstić information content (AvgIpc) is 3.31. The summed E-state index contributed by atoms with van der Waals surface area (Å²) >= 11 is 0. The molecule has 2 bridgehead atoms. The Kier molecular flexibility index (Phi) is 7.78. The van der Waals surface area contributed by atoms with Gasteiger partial charge in [-0.1, -0.05) is 25.1 Å². The second-order valence-electron chi connectivity index (χ2n) is 15.1. The number of phenolic OH excluding ortho intramolecular Hbond substituents is 1. The molecule has 0 saturated carbocycles. The molecule has 3 unspecified atom stereocenters. The molecule has 12 heteroatoms. The number of fused-ring (bicyclic) bond motifs is 8. The van der Waals surface area contributed by atoms with Crippen LogP contribution >= 0.6 is 0 Å². The molecule has 4 fully saturated rings. The molecule has 3 N–H and O–H groups in total. The zero-order valence-corrected chi connectivity index (χ0v) is 28.1. The van der Waals surface area contributed by atoms with E-state index >= 15 is 8.78 Å². The van der Waals surface area contributed by atoms with Crippen molar-refractivity contribution in [1.29, 1.82) is 0 Å². The standard InChI is InChI=1S/C38H42F3N5O4/c1-2-22-4-3-5-23-8-26(48)9-27(29(22)23)30-32(40)34-31-35(33(30)41)49-18-28-24-7-6-20(12-42-13-24)15-46(28)36(31)44-37(43-34)50-19-38-10-21(17-47)14-45(38)16-25(39)11-38/h3-5,8-9,20-21,24-25,28,42,47-48H,2,6-7,10-19H2,1H3/t20?,21-,24?,25+,28?,38-/m0/s1. The van der Waals surface area contributed by atoms with Crippen LogP contribution in [0, 0.1) is 29.4 Å². The van der Waals surface area contributed by atoms with Crippen molar-refractivity contribution >= 4 is 27.5 Å². The third-order valence-corrected chi connectivity index (χ3v) is 12.1. The monoisotopic (exact) mass is 689 g/mol. The fraction of sp³-hybridized carbons (Fsp3) is 0.526. The number of hydrogen-bond donors (Lipinski definition) is 3. The second-order valence-corrected chi connectivity index (χ2v) is 15.1. The topological polar surface area (TPSA) is 103 Å². The molecule has 264 valence electrons. The Labute approximate surface area is 288 Å². The Morgan fingerprint density at radius 2 is 1.94 bits per heavy atom. The van der Waals surface area contributed by atoms with Crippen molar-refractivity contribution in [3.05, 3.63) is 47.5 Å². The van der Waals surface area contributed by atoms with E-state index in [1.54, 1.807) is 6.07 Å². The van der Waals surface area contributed by atoms with Crippen LogP contribution in [0.1, 0.15) is 38.2 Å². The minimum atomic E-state index is -1.01. The zero-order chi connectivity index (χ0) is 34.3. The van der Waals surface area contributed by atoms with E-state index in [9.17, 15) is 14.6 Å². The van der Waals surface area contributed by atoms with Crippen LogP contribution in [0.4, 0.5) is 19.0 Å². The van der Waals surface area contributed by atoms with Crippen molar-refractivity contribution in [3.8, 4) is 28.6 Å². The molecule has 3 aromatic carbocycles. The van der Waals surface area contributed by atoms with E-state index in [1.165, 1.54) is 6.07 Å². The van der Waals surface area contributed by atoms with Crippen LogP contribution in [0.15, 0.2) is 30.3 Å². The van der Waals surface area contributed by atoms with E-state index in [0.717, 1.165) is 31.5 Å². The van der Waals surface area contributed by atoms with Gasteiger partial charge in [0.25, 0.3) is 0 Å². The molecule has 9 rings (SSSR count). The van der Waals surface area contributed by atoms with E-state index in [0.29, 0.717) is 48.4 Å². The minimum absolute atomic E-state index is 0.00512. The average molecular weight is 690 g/mol. The number of anilines is 1. The first kappa shape index (κ1) is 32.1. The van der Waals surface area contributed by atoms with Crippen molar-refractivity contribution in [1.82, 2.24) is 20.2 Å². The van der Waals surface area contributed by atoms with Crippen LogP contribution in [0.25, 0.3) is 32.8 Å². The molecule has 0 amide bonds. The highest BCUT2D eigenvalue weighted by molar-refractivity contribution is 6.05. The number of aliphatic hydroxyl groups is 1. The number of rotatable bonds is 6. The Morgan fingerprint density at radius 1 is 1.06 bits per heavy atom. The van der Waals surface area contributed by atoms with Gasteiger partial charge in [-0.25, -0.2) is 13.2 Å². The van der Waals surface area contributed by atoms with Crippen LogP contribution in [0.3, 0.4) is 0 Å². The van der Waals surface area contributed by atoms with Gasteiger partial charge in [-0.2, -0.15) is 9.97 Å². The number of aromatic hydroxyl groups is 1. The Bertz CT molecular complexity index is 2000. The lowest BCUT2D eigenvalue weighted by atomic mass is 9.91. The first-order valence-electron chi connectivity index (χ1n) is 18.0. The van der Waals surface area contributed by atoms with Crippen molar-refractivity contribution in [2.24, 2.45) is 17.8 Å². The number of alkyl halides is 1. The lowest BCUT2D eigenvalue weighted by Gasteiger charge is -2.37. The number of ether oxygens (including phenoxy) is 2. The third-order valence-electron chi connectivity index (χ3n) is 12.1. The summed E-state index contributed by atoms with van der Waals surface area (Å²) in [7, 11) is 0. The number of nitrogens with one attached hydrogen (secondary N) is 1. The van der Waals surface area contributed by atoms with Gasteiger partial charge in [0.2, 0.25) is 0 Å². The molecular weight excluding hydrogens is 647 g/mol. The van der Waals surface area contributed by atoms with Gasteiger partial charge in [-0.05, 0) is 84.0 Å². The quantitative estimate of drug-likeness (QED) is 0.247. The van der Waals surface area contributed by atoms with E-state index in [-0.39, 0.29) is 90.2 Å². The molecule has 50 heavy (non-hydrogen) atoms. The number of aryl methyl sites for hydroxylation is 1. The largest absolute Gasteiger partial charge is 0.508 e. The van der Waals surface area contributed by atoms with Crippen LogP contribution in [-0.4, -0.2) is 95.4 Å². The Hall–Kier alpha value is -3.87. The summed E-state index contributed by atoms with van der Waals surface area (Å²) in [4.78, 5) is 13.7. The van der Waals surface area contributed by atoms with Gasteiger partial charge in [0, 0.05) is 39.2 Å². The van der Waals surface area contributed by atoms with E-state index in [2.05, 4.69) is 15.2 Å². The van der Waals surface area contributed by atoms with E-state index in [4.69, 9.17) is 14.5 Å². The fourth-order valence-corrected chi connectivity index (χ4v) is 9.74. The van der Waals surface area contributed by atoms with Crippen molar-refractivity contribution in [3.63, 3.8) is 0 Å². The zero-order valence-electron chi connectivity index (χ0n) is 28.1. The molecule has 5 aliphatic heterocycles. The van der Waals surface area contributed by atoms with Crippen molar-refractivity contribution in [2.75, 3.05) is 57.4 Å². The molecule has 4 aromatic rings. The Balaban J connectivity index is 1.25. The van der Waals surface area contributed by atoms with Crippen LogP contribution in [-0.2, 0) is 6.42 Å². The summed E-state index contributed by atoms with van der Waals surface area (Å²) in [5.41, 5.74) is 0.00747. The molecule has 5 aliphatic rings. The second kappa shape index (κ2) is 12.1. The van der Waals surface area contributed by atoms with Gasteiger partial charge in [-0.3, -0.25) is 4.90 Å². The minimum Gasteiger partial charge on any atom is -0.508 e. The highest BCUT2D eigenvalue weighted by atomic mass is 19.1. The number of aromatic nitrogens is 2. The summed E-state index contributed by atoms with van der Waals surface area (Å²) in [6, 6.07) is 8.38. The summed E-state index contributed by atoms with van der Waals surface area (Å²) < 4.78 is 62.0. The molecule has 6 atom stereocenters. The molecule has 0 spiro atoms. The summed E-state index contributed by atoms with van der Waals surface area (Å²) in [6.45, 7) is 5.33. The maximum atomic E-state index is 17.3. The van der Waals surface area contributed by atoms with Gasteiger partial charge in [0.05, 0.1) is 22.5 Å². The van der Waals surface area contributed by atoms with Crippen LogP contribution in [0.5, 0.6) is 17.5 Å². The van der Waals surface area contributed by atoms with Crippen LogP contribution < -0.4 is 19.7 Å². The highest BCUT2D eigenvalue weighted by Crippen LogP contribution is 2.49. The predicted molar refractivity (Wildman–Crippen MR) is 184 cm³/mol. The van der Waals surface area contributed by atoms with Gasteiger partial charge < -0.3 is 29.9 Å². The lowest BCUT2D eigenvalue weighted by Crippen LogP contribution is -2.50. The van der Waals surface area contributed by atoms with Crippen molar-refractivity contribution in [2.45, 2.75) is 56.8 Å². The molecule has 0 radical (unpaired) electrons. The van der Waals surface area contributed by atoms with Gasteiger partial charge in [-0.15, -0.1) is 0 Å². The third kappa shape index (κ3) is 5.00. The number of aliphatic hydroxyl groups excluding tert-OH is 1. The summed E-state index contributed by atoms with van der Waals surface area (Å²) in [6.07, 6.45) is 2.43. The number of hydrogen-bond acceptors (Lipinski definition) is 9. The first-order valence-corrected chi connectivity index (χ1v) is 18.0. The molecule has 6 heterocycles. The van der Waals surface area contributed by atoms with Gasteiger partial charge in [0.15, 0.2) is 17.4 Å². The fourth-order valence-electron chi connectivity index (χ4n) is 9.74. The maximum absolute atomic E-state index is 17.3. The SMILES string of the molecule is CCc1cccc2cc(O)cc(-c3c(F)c4c5c(nc(OC[C@]67C[C@@H](F)CN6C[C@@H](CO)C7)nc5c3F)N3CC5CCC(CNC5)C3CO4)c12. The van der Waals surface area contributed by atoms with E-state index < -0.39 is 23.3 Å². The molecule has 0 aliphatic carbocycles. The molecular formula is C38H42F3N5O4. The Morgan fingerprint density at radius 3 is 2.78 bits per heavy atom. The normalized spacial score (nSPS) is 29.1. The lowest BCUT2D eigenvalue weighted by molar-refractivity contribution is 0.107. The molecule has 1 aromatic heterocycles. The number of nitrogens with zero attached hydrogens (tertiary/aromatic N) is 4. The smallest absolute Gasteiger partial charge is 0.319 e. The van der Waals surface area contributed by atoms with Crippen molar-refractivity contribution < 1.29 is 32.9 Å². The molecule has 9 nitrogen and oxygen atoms in total. The molecule has 4 saturated heterocycles. The maximum Gasteiger partial charge on any atom is 0.319 e. The summed E-state index contributed by atoms with van der Waals surface area (Å²) in [5.74, 6) is -1.09.